The molecule has 2 rings (SSSR count). The van der Waals surface area contributed by atoms with Gasteiger partial charge in [-0.05, 0) is 60.1 Å². The first-order valence-electron chi connectivity index (χ1n) is 11.8. The van der Waals surface area contributed by atoms with E-state index in [2.05, 4.69) is 62.4 Å². The number of benzene rings is 2. The summed E-state index contributed by atoms with van der Waals surface area (Å²) in [5, 5.41) is 0. The Hall–Kier alpha value is -1.56. The number of aryl methyl sites for hydroxylation is 2. The SMILES string of the molecule is CCCCCCCCc1cc[c]c(-c2[c]ccc(CCCCCCCC)c2)c1. The molecule has 0 N–H and O–H groups in total. The van der Waals surface area contributed by atoms with E-state index in [-0.39, 0.29) is 0 Å². The largest absolute Gasteiger partial charge is 0.0654 e. The average Bonchev–Trinajstić information content (AvgIpc) is 2.73. The number of rotatable bonds is 15. The van der Waals surface area contributed by atoms with Gasteiger partial charge in [0.15, 0.2) is 0 Å². The van der Waals surface area contributed by atoms with Crippen molar-refractivity contribution in [2.24, 2.45) is 0 Å². The van der Waals surface area contributed by atoms with Crippen LogP contribution in [0.1, 0.15) is 102 Å². The van der Waals surface area contributed by atoms with E-state index in [1.165, 1.54) is 112 Å². The quantitative estimate of drug-likeness (QED) is 0.272. The molecule has 0 nitrogen and oxygen atoms in total. The predicted molar refractivity (Wildman–Crippen MR) is 124 cm³/mol. The van der Waals surface area contributed by atoms with Gasteiger partial charge in [-0.25, -0.2) is 0 Å². The Morgan fingerprint density at radius 3 is 1.36 bits per heavy atom. The predicted octanol–water partition coefficient (Wildman–Crippen LogP) is 8.76. The third-order valence-corrected chi connectivity index (χ3v) is 5.66. The van der Waals surface area contributed by atoms with Crippen LogP contribution in [0.4, 0.5) is 0 Å². The molecule has 0 aliphatic carbocycles. The second-order valence-corrected chi connectivity index (χ2v) is 8.26. The van der Waals surface area contributed by atoms with Gasteiger partial charge in [-0.1, -0.05) is 114 Å². The van der Waals surface area contributed by atoms with Crippen LogP contribution in [0.15, 0.2) is 36.4 Å². The molecule has 0 heteroatoms. The first kappa shape index (κ1) is 22.7. The minimum absolute atomic E-state index is 1.19. The summed E-state index contributed by atoms with van der Waals surface area (Å²) in [7, 11) is 0. The van der Waals surface area contributed by atoms with Crippen molar-refractivity contribution in [3.63, 3.8) is 0 Å². The molecule has 0 aliphatic heterocycles. The summed E-state index contributed by atoms with van der Waals surface area (Å²) in [4.78, 5) is 0. The zero-order valence-corrected chi connectivity index (χ0v) is 18.4. The number of hydrogen-bond acceptors (Lipinski definition) is 0. The molecule has 152 valence electrons. The van der Waals surface area contributed by atoms with Crippen LogP contribution in [0, 0.1) is 12.1 Å². The lowest BCUT2D eigenvalue weighted by Gasteiger charge is -2.08. The Bertz CT molecular complexity index is 582. The van der Waals surface area contributed by atoms with E-state index in [1.54, 1.807) is 0 Å². The van der Waals surface area contributed by atoms with E-state index in [1.807, 2.05) is 0 Å². The van der Waals surface area contributed by atoms with Gasteiger partial charge in [0.1, 0.15) is 0 Å². The van der Waals surface area contributed by atoms with Crippen LogP contribution in [0.25, 0.3) is 11.1 Å². The van der Waals surface area contributed by atoms with Crippen molar-refractivity contribution in [3.05, 3.63) is 59.7 Å². The molecule has 0 saturated carbocycles. The molecule has 0 fully saturated rings. The highest BCUT2D eigenvalue weighted by Gasteiger charge is 2.03. The average molecular weight is 377 g/mol. The minimum atomic E-state index is 1.19. The fourth-order valence-corrected chi connectivity index (χ4v) is 3.87. The topological polar surface area (TPSA) is 0 Å². The van der Waals surface area contributed by atoms with E-state index in [9.17, 15) is 0 Å². The molecule has 2 radical (unpaired) electrons. The molecule has 0 atom stereocenters. The number of hydrogen-bond donors (Lipinski definition) is 0. The molecule has 0 spiro atoms. The zero-order valence-electron chi connectivity index (χ0n) is 18.4. The van der Waals surface area contributed by atoms with Crippen LogP contribution >= 0.6 is 0 Å². The monoisotopic (exact) mass is 376 g/mol. The molecule has 0 heterocycles. The van der Waals surface area contributed by atoms with E-state index >= 15 is 0 Å². The summed E-state index contributed by atoms with van der Waals surface area (Å²) < 4.78 is 0. The van der Waals surface area contributed by atoms with Crippen molar-refractivity contribution in [3.8, 4) is 11.1 Å². The Kier molecular flexibility index (Phi) is 11.7. The van der Waals surface area contributed by atoms with Crippen LogP contribution in [-0.4, -0.2) is 0 Å². The summed E-state index contributed by atoms with van der Waals surface area (Å²) in [5.41, 5.74) is 5.29. The molecule has 0 bridgehead atoms. The van der Waals surface area contributed by atoms with Crippen molar-refractivity contribution in [2.45, 2.75) is 104 Å². The number of unbranched alkanes of at least 4 members (excludes halogenated alkanes) is 10. The Labute approximate surface area is 174 Å². The normalized spacial score (nSPS) is 11.1. The highest BCUT2D eigenvalue weighted by atomic mass is 14.1. The molecule has 0 aliphatic rings. The minimum Gasteiger partial charge on any atom is -0.0654 e. The fraction of sp³-hybridized carbons (Fsp3) is 0.571. The van der Waals surface area contributed by atoms with Gasteiger partial charge >= 0.3 is 0 Å². The van der Waals surface area contributed by atoms with Crippen LogP contribution in [0.2, 0.25) is 0 Å². The third-order valence-electron chi connectivity index (χ3n) is 5.66. The maximum absolute atomic E-state index is 3.43. The van der Waals surface area contributed by atoms with Crippen LogP contribution < -0.4 is 0 Å². The molecule has 2 aromatic carbocycles. The summed E-state index contributed by atoms with van der Waals surface area (Å²) in [6.45, 7) is 4.56. The van der Waals surface area contributed by atoms with Gasteiger partial charge in [0.25, 0.3) is 0 Å². The van der Waals surface area contributed by atoms with E-state index in [4.69, 9.17) is 0 Å². The van der Waals surface area contributed by atoms with Gasteiger partial charge < -0.3 is 0 Å². The zero-order chi connectivity index (χ0) is 19.9. The summed E-state index contributed by atoms with van der Waals surface area (Å²) in [6, 6.07) is 20.2. The van der Waals surface area contributed by atoms with Gasteiger partial charge in [0.05, 0.1) is 0 Å². The van der Waals surface area contributed by atoms with Crippen LogP contribution in [0.5, 0.6) is 0 Å². The lowest BCUT2D eigenvalue weighted by Crippen LogP contribution is -1.90. The molecule has 28 heavy (non-hydrogen) atoms. The van der Waals surface area contributed by atoms with Gasteiger partial charge in [-0.2, -0.15) is 0 Å². The second kappa shape index (κ2) is 14.4. The van der Waals surface area contributed by atoms with E-state index in [0.29, 0.717) is 0 Å². The van der Waals surface area contributed by atoms with Crippen molar-refractivity contribution < 1.29 is 0 Å². The summed E-state index contributed by atoms with van der Waals surface area (Å²) >= 11 is 0. The van der Waals surface area contributed by atoms with Crippen molar-refractivity contribution in [1.29, 1.82) is 0 Å². The van der Waals surface area contributed by atoms with Crippen molar-refractivity contribution >= 4 is 0 Å². The smallest absolute Gasteiger partial charge is 0.00961 e. The molecule has 0 saturated heterocycles. The Balaban J connectivity index is 1.82. The summed E-state index contributed by atoms with van der Waals surface area (Å²) in [6.07, 6.45) is 18.7. The fourth-order valence-electron chi connectivity index (χ4n) is 3.87. The van der Waals surface area contributed by atoms with Gasteiger partial charge in [-0.3, -0.25) is 0 Å². The molecule has 0 aromatic heterocycles. The lowest BCUT2D eigenvalue weighted by molar-refractivity contribution is 0.607. The summed E-state index contributed by atoms with van der Waals surface area (Å²) in [5.74, 6) is 0. The first-order valence-corrected chi connectivity index (χ1v) is 11.8. The Morgan fingerprint density at radius 1 is 0.536 bits per heavy atom. The van der Waals surface area contributed by atoms with E-state index in [0.717, 1.165) is 0 Å². The highest BCUT2D eigenvalue weighted by Crippen LogP contribution is 2.23. The van der Waals surface area contributed by atoms with Crippen LogP contribution in [0.3, 0.4) is 0 Å². The van der Waals surface area contributed by atoms with Gasteiger partial charge in [0, 0.05) is 0 Å². The molecule has 0 unspecified atom stereocenters. The third kappa shape index (κ3) is 9.09. The standard InChI is InChI=1S/C28H40/c1-3-5-7-9-11-13-17-25-19-15-21-27(23-25)28-22-16-20-26(24-28)18-14-12-10-8-6-4-2/h15-16,19-20,23-24H,3-14,17-18H2,1-2H3. The maximum atomic E-state index is 3.43. The van der Waals surface area contributed by atoms with Gasteiger partial charge in [0.2, 0.25) is 0 Å². The molecular weight excluding hydrogens is 336 g/mol. The molecule has 2 aromatic rings. The maximum Gasteiger partial charge on any atom is -0.00961 e. The van der Waals surface area contributed by atoms with Crippen LogP contribution in [-0.2, 0) is 12.8 Å². The Morgan fingerprint density at radius 2 is 0.929 bits per heavy atom. The highest BCUT2D eigenvalue weighted by molar-refractivity contribution is 5.63. The molecule has 0 amide bonds. The van der Waals surface area contributed by atoms with Gasteiger partial charge in [-0.15, -0.1) is 0 Å². The molecular formula is C28H40. The van der Waals surface area contributed by atoms with Crippen molar-refractivity contribution in [2.75, 3.05) is 0 Å². The second-order valence-electron chi connectivity index (χ2n) is 8.26. The lowest BCUT2D eigenvalue weighted by atomic mass is 9.97. The van der Waals surface area contributed by atoms with E-state index < -0.39 is 0 Å². The van der Waals surface area contributed by atoms with Crippen molar-refractivity contribution in [1.82, 2.24) is 0 Å². The first-order chi connectivity index (χ1) is 13.8.